The predicted molar refractivity (Wildman–Crippen MR) is 167 cm³/mol. The van der Waals surface area contributed by atoms with Crippen molar-refractivity contribution >= 4 is 5.69 Å². The molecule has 1 aliphatic carbocycles. The van der Waals surface area contributed by atoms with E-state index in [0.717, 1.165) is 74.8 Å². The zero-order valence-electron chi connectivity index (χ0n) is 26.2. The van der Waals surface area contributed by atoms with Crippen molar-refractivity contribution in [1.82, 2.24) is 5.32 Å². The van der Waals surface area contributed by atoms with Crippen molar-refractivity contribution in [3.8, 4) is 11.5 Å². The summed E-state index contributed by atoms with van der Waals surface area (Å²) < 4.78 is 41.8. The average Bonchev–Trinajstić information content (AvgIpc) is 3.52. The molecule has 43 heavy (non-hydrogen) atoms. The second-order valence-electron chi connectivity index (χ2n) is 11.9. The second kappa shape index (κ2) is 16.1. The Morgan fingerprint density at radius 3 is 2.42 bits per heavy atom. The minimum absolute atomic E-state index is 0.0520. The van der Waals surface area contributed by atoms with Gasteiger partial charge in [-0.2, -0.15) is 0 Å². The van der Waals surface area contributed by atoms with Gasteiger partial charge in [-0.15, -0.1) is 0 Å². The third-order valence-electron chi connectivity index (χ3n) is 8.99. The molecule has 0 unspecified atom stereocenters. The minimum Gasteiger partial charge on any atom is -0.497 e. The number of nitrogens with zero attached hydrogens (tertiary/aromatic N) is 1. The molecule has 2 heterocycles. The number of hydrogen-bond acceptors (Lipinski definition) is 9. The van der Waals surface area contributed by atoms with E-state index in [-0.39, 0.29) is 23.7 Å². The molecule has 5 rings (SSSR count). The smallest absolute Gasteiger partial charge is 0.142 e. The van der Waals surface area contributed by atoms with Gasteiger partial charge in [-0.05, 0) is 54.7 Å². The van der Waals surface area contributed by atoms with Crippen molar-refractivity contribution in [1.29, 1.82) is 0 Å². The van der Waals surface area contributed by atoms with E-state index < -0.39 is 0 Å². The van der Waals surface area contributed by atoms with Crippen molar-refractivity contribution in [2.75, 3.05) is 85.4 Å². The largest absolute Gasteiger partial charge is 0.497 e. The van der Waals surface area contributed by atoms with Crippen LogP contribution in [-0.2, 0) is 30.3 Å². The molecule has 0 spiro atoms. The van der Waals surface area contributed by atoms with E-state index in [0.29, 0.717) is 33.0 Å². The van der Waals surface area contributed by atoms with Gasteiger partial charge in [0.05, 0.1) is 63.6 Å². The van der Waals surface area contributed by atoms with Gasteiger partial charge < -0.3 is 43.4 Å². The van der Waals surface area contributed by atoms with Crippen molar-refractivity contribution in [3.05, 3.63) is 53.6 Å². The molecule has 0 amide bonds. The Morgan fingerprint density at radius 2 is 1.67 bits per heavy atom. The van der Waals surface area contributed by atoms with Crippen molar-refractivity contribution in [2.24, 2.45) is 0 Å². The number of fused-ring (bicyclic) bond motifs is 1. The number of nitrogens with one attached hydrogen (secondary N) is 1. The second-order valence-corrected chi connectivity index (χ2v) is 11.9. The number of methoxy groups -OCH3 is 3. The number of anilines is 1. The Morgan fingerprint density at radius 1 is 0.907 bits per heavy atom. The van der Waals surface area contributed by atoms with Gasteiger partial charge in [-0.3, -0.25) is 0 Å². The van der Waals surface area contributed by atoms with Gasteiger partial charge in [0.15, 0.2) is 0 Å². The van der Waals surface area contributed by atoms with E-state index in [4.69, 9.17) is 33.2 Å². The van der Waals surface area contributed by atoms with E-state index >= 15 is 0 Å². The maximum atomic E-state index is 6.77. The van der Waals surface area contributed by atoms with Crippen molar-refractivity contribution < 1.29 is 33.2 Å². The lowest BCUT2D eigenvalue weighted by Crippen LogP contribution is -2.52. The first kappa shape index (κ1) is 32.0. The summed E-state index contributed by atoms with van der Waals surface area (Å²) in [6, 6.07) is 14.8. The number of piperidine rings is 1. The maximum Gasteiger partial charge on any atom is 0.142 e. The third kappa shape index (κ3) is 8.41. The van der Waals surface area contributed by atoms with E-state index in [1.807, 2.05) is 12.1 Å². The van der Waals surface area contributed by atoms with Crippen molar-refractivity contribution in [2.45, 2.75) is 62.4 Å². The Labute approximate surface area is 257 Å². The summed E-state index contributed by atoms with van der Waals surface area (Å²) in [5, 5.41) is 3.59. The molecule has 1 saturated heterocycles. The first-order valence-electron chi connectivity index (χ1n) is 15.8. The van der Waals surface area contributed by atoms with E-state index in [9.17, 15) is 0 Å². The summed E-state index contributed by atoms with van der Waals surface area (Å²) in [7, 11) is 5.16. The van der Waals surface area contributed by atoms with E-state index in [2.05, 4.69) is 40.5 Å². The van der Waals surface area contributed by atoms with E-state index in [1.165, 1.54) is 18.4 Å². The standard InChI is InChI=1S/C34H50N2O7/c1-37-17-6-15-36-16-18-40-30-12-7-26(21-29(30)36)24-41-31-22-35-23-32(33(31)27-8-10-28(39-3)11-9-27)42-25-34(13-4-5-14-34)43-20-19-38-2/h7-12,21,31-33,35H,4-6,13-20,22-25H2,1-3H3/t31-,32+,33+/m0/s1. The van der Waals surface area contributed by atoms with Crippen LogP contribution in [0.2, 0.25) is 0 Å². The van der Waals surface area contributed by atoms with Crippen LogP contribution in [0.3, 0.4) is 0 Å². The molecule has 9 heteroatoms. The van der Waals surface area contributed by atoms with Crippen LogP contribution in [0.15, 0.2) is 42.5 Å². The number of benzene rings is 2. The highest BCUT2D eigenvalue weighted by Crippen LogP contribution is 2.38. The van der Waals surface area contributed by atoms with Crippen LogP contribution >= 0.6 is 0 Å². The molecule has 0 bridgehead atoms. The monoisotopic (exact) mass is 598 g/mol. The molecule has 2 aromatic rings. The van der Waals surface area contributed by atoms with Crippen LogP contribution in [0.1, 0.15) is 49.1 Å². The van der Waals surface area contributed by atoms with Crippen LogP contribution in [-0.4, -0.2) is 98.4 Å². The van der Waals surface area contributed by atoms with Crippen LogP contribution in [0.25, 0.3) is 0 Å². The van der Waals surface area contributed by atoms with Crippen LogP contribution in [0.4, 0.5) is 5.69 Å². The Hall–Kier alpha value is -2.40. The number of ether oxygens (including phenoxy) is 7. The normalized spacial score (nSPS) is 23.1. The highest BCUT2D eigenvalue weighted by Gasteiger charge is 2.40. The molecule has 2 aliphatic heterocycles. The molecule has 1 saturated carbocycles. The Kier molecular flexibility index (Phi) is 12.0. The molecule has 0 aromatic heterocycles. The fourth-order valence-electron chi connectivity index (χ4n) is 6.64. The summed E-state index contributed by atoms with van der Waals surface area (Å²) in [4.78, 5) is 2.39. The minimum atomic E-state index is -0.239. The Balaban J connectivity index is 1.30. The zero-order chi connectivity index (χ0) is 29.9. The van der Waals surface area contributed by atoms with E-state index in [1.54, 1.807) is 21.3 Å². The van der Waals surface area contributed by atoms with Gasteiger partial charge >= 0.3 is 0 Å². The average molecular weight is 599 g/mol. The maximum absolute atomic E-state index is 6.77. The van der Waals surface area contributed by atoms with Gasteiger partial charge in [0.2, 0.25) is 0 Å². The fraction of sp³-hybridized carbons (Fsp3) is 0.647. The number of hydrogen-bond donors (Lipinski definition) is 1. The van der Waals surface area contributed by atoms with Gasteiger partial charge in [0.25, 0.3) is 0 Å². The SMILES string of the molecule is COCCCN1CCOc2ccc(CO[C@H]3CNC[C@@H](OCC4(OCCOC)CCCC4)[C@@H]3c3ccc(OC)cc3)cc21. The van der Waals surface area contributed by atoms with Crippen LogP contribution < -0.4 is 19.7 Å². The first-order chi connectivity index (χ1) is 21.1. The third-order valence-corrected chi connectivity index (χ3v) is 8.99. The highest BCUT2D eigenvalue weighted by atomic mass is 16.6. The topological polar surface area (TPSA) is 79.9 Å². The van der Waals surface area contributed by atoms with Crippen LogP contribution in [0.5, 0.6) is 11.5 Å². The van der Waals surface area contributed by atoms with Crippen molar-refractivity contribution in [3.63, 3.8) is 0 Å². The van der Waals surface area contributed by atoms with Gasteiger partial charge in [-0.25, -0.2) is 0 Å². The summed E-state index contributed by atoms with van der Waals surface area (Å²) in [5.74, 6) is 1.84. The molecule has 238 valence electrons. The summed E-state index contributed by atoms with van der Waals surface area (Å²) in [6.45, 7) is 7.05. The molecule has 3 atom stereocenters. The fourth-order valence-corrected chi connectivity index (χ4v) is 6.64. The summed E-state index contributed by atoms with van der Waals surface area (Å²) >= 11 is 0. The predicted octanol–water partition coefficient (Wildman–Crippen LogP) is 4.56. The van der Waals surface area contributed by atoms with Crippen LogP contribution in [0, 0.1) is 0 Å². The number of rotatable bonds is 16. The molecular formula is C34H50N2O7. The lowest BCUT2D eigenvalue weighted by atomic mass is 9.85. The highest BCUT2D eigenvalue weighted by molar-refractivity contribution is 5.61. The zero-order valence-corrected chi connectivity index (χ0v) is 26.2. The molecule has 1 N–H and O–H groups in total. The Bertz CT molecular complexity index is 1110. The molecule has 2 aromatic carbocycles. The molecule has 3 aliphatic rings. The van der Waals surface area contributed by atoms with Gasteiger partial charge in [0.1, 0.15) is 18.1 Å². The molecule has 9 nitrogen and oxygen atoms in total. The van der Waals surface area contributed by atoms with Gasteiger partial charge in [0, 0.05) is 46.4 Å². The first-order valence-corrected chi connectivity index (χ1v) is 15.8. The molecule has 2 fully saturated rings. The molecular weight excluding hydrogens is 548 g/mol. The quantitative estimate of drug-likeness (QED) is 0.280. The lowest BCUT2D eigenvalue weighted by Gasteiger charge is -2.40. The lowest BCUT2D eigenvalue weighted by molar-refractivity contribution is -0.135. The molecule has 0 radical (unpaired) electrons. The summed E-state index contributed by atoms with van der Waals surface area (Å²) in [5.41, 5.74) is 3.22. The summed E-state index contributed by atoms with van der Waals surface area (Å²) in [6.07, 6.45) is 5.25. The van der Waals surface area contributed by atoms with Gasteiger partial charge in [-0.1, -0.05) is 31.0 Å².